The first kappa shape index (κ1) is 17.5. The smallest absolute Gasteiger partial charge is 0.324 e. The van der Waals surface area contributed by atoms with Gasteiger partial charge in [-0.1, -0.05) is 18.2 Å². The lowest BCUT2D eigenvalue weighted by molar-refractivity contribution is -0.118. The van der Waals surface area contributed by atoms with Gasteiger partial charge in [-0.3, -0.25) is 14.9 Å². The average Bonchev–Trinajstić information content (AvgIpc) is 3.00. The maximum absolute atomic E-state index is 11.9. The van der Waals surface area contributed by atoms with Gasteiger partial charge >= 0.3 is 6.03 Å². The van der Waals surface area contributed by atoms with E-state index >= 15 is 0 Å². The maximum atomic E-state index is 11.9. The Kier molecular flexibility index (Phi) is 6.32. The number of hydrogen-bond donors (Lipinski definition) is 4. The first-order valence-electron chi connectivity index (χ1n) is 7.30. The second-order valence-electron chi connectivity index (χ2n) is 4.85. The van der Waals surface area contributed by atoms with Gasteiger partial charge in [0.15, 0.2) is 0 Å². The summed E-state index contributed by atoms with van der Waals surface area (Å²) in [5.41, 5.74) is 0.683. The highest BCUT2D eigenvalue weighted by atomic mass is 32.1. The molecule has 1 aromatic heterocycles. The summed E-state index contributed by atoms with van der Waals surface area (Å²) in [5.74, 6) is -0.391. The van der Waals surface area contributed by atoms with E-state index in [1.54, 1.807) is 24.3 Å². The van der Waals surface area contributed by atoms with Crippen LogP contribution in [0, 0.1) is 0 Å². The van der Waals surface area contributed by atoms with Crippen LogP contribution in [0.3, 0.4) is 0 Å². The molecule has 126 valence electrons. The summed E-state index contributed by atoms with van der Waals surface area (Å²) in [6.45, 7) is 2.13. The summed E-state index contributed by atoms with van der Waals surface area (Å²) in [6.07, 6.45) is 0. The molecular weight excluding hydrogens is 328 g/mol. The summed E-state index contributed by atoms with van der Waals surface area (Å²) in [4.78, 5) is 35.0. The Morgan fingerprint density at radius 3 is 2.33 bits per heavy atom. The number of nitrogens with one attached hydrogen (secondary N) is 4. The van der Waals surface area contributed by atoms with Crippen LogP contribution < -0.4 is 21.3 Å². The summed E-state index contributed by atoms with van der Waals surface area (Å²) < 4.78 is 0. The molecule has 0 fully saturated rings. The minimum Gasteiger partial charge on any atom is -0.355 e. The Labute approximate surface area is 143 Å². The molecule has 8 heteroatoms. The van der Waals surface area contributed by atoms with Gasteiger partial charge < -0.3 is 16.0 Å². The molecule has 2 aromatic rings. The molecule has 1 heterocycles. The van der Waals surface area contributed by atoms with E-state index in [9.17, 15) is 14.4 Å². The minimum absolute atomic E-state index is 0.142. The van der Waals surface area contributed by atoms with Crippen molar-refractivity contribution in [3.8, 4) is 0 Å². The molecule has 0 saturated heterocycles. The first-order valence-corrected chi connectivity index (χ1v) is 8.12. The van der Waals surface area contributed by atoms with Crippen LogP contribution in [-0.2, 0) is 4.79 Å². The zero-order valence-corrected chi connectivity index (χ0v) is 13.9. The van der Waals surface area contributed by atoms with E-state index in [1.165, 1.54) is 18.3 Å². The third kappa shape index (κ3) is 5.73. The number of carbonyl (C=O) groups is 3. The molecule has 0 atom stereocenters. The SMILES string of the molecule is CC(=O)NCCNC(=O)c1ccc(NC(=O)Nc2ccccc2)s1. The van der Waals surface area contributed by atoms with Crippen molar-refractivity contribution in [2.45, 2.75) is 6.92 Å². The lowest BCUT2D eigenvalue weighted by atomic mass is 10.3. The maximum Gasteiger partial charge on any atom is 0.324 e. The zero-order chi connectivity index (χ0) is 17.4. The Hall–Kier alpha value is -2.87. The van der Waals surface area contributed by atoms with Crippen molar-refractivity contribution in [1.82, 2.24) is 10.6 Å². The van der Waals surface area contributed by atoms with Crippen LogP contribution in [0.25, 0.3) is 0 Å². The molecule has 2 rings (SSSR count). The van der Waals surface area contributed by atoms with Gasteiger partial charge in [-0.15, -0.1) is 11.3 Å². The van der Waals surface area contributed by atoms with Crippen LogP contribution in [0.2, 0.25) is 0 Å². The highest BCUT2D eigenvalue weighted by molar-refractivity contribution is 7.18. The molecule has 0 radical (unpaired) electrons. The highest BCUT2D eigenvalue weighted by Crippen LogP contribution is 2.22. The molecule has 1 aromatic carbocycles. The number of hydrogen-bond acceptors (Lipinski definition) is 4. The second kappa shape index (κ2) is 8.68. The highest BCUT2D eigenvalue weighted by Gasteiger charge is 2.10. The molecule has 4 N–H and O–H groups in total. The summed E-state index contributed by atoms with van der Waals surface area (Å²) in [5, 5.41) is 11.2. The lowest BCUT2D eigenvalue weighted by Gasteiger charge is -2.05. The average molecular weight is 346 g/mol. The van der Waals surface area contributed by atoms with Gasteiger partial charge in [-0.25, -0.2) is 4.79 Å². The summed E-state index contributed by atoms with van der Waals surface area (Å²) >= 11 is 1.17. The van der Waals surface area contributed by atoms with Gasteiger partial charge in [-0.05, 0) is 24.3 Å². The molecule has 4 amide bonds. The van der Waals surface area contributed by atoms with E-state index in [1.807, 2.05) is 18.2 Å². The van der Waals surface area contributed by atoms with Crippen molar-refractivity contribution in [2.75, 3.05) is 23.7 Å². The van der Waals surface area contributed by atoms with Crippen LogP contribution in [0.5, 0.6) is 0 Å². The Morgan fingerprint density at radius 2 is 1.62 bits per heavy atom. The van der Waals surface area contributed by atoms with Gasteiger partial charge in [0.25, 0.3) is 5.91 Å². The molecule has 0 aliphatic carbocycles. The predicted octanol–water partition coefficient (Wildman–Crippen LogP) is 2.26. The topological polar surface area (TPSA) is 99.3 Å². The molecule has 0 bridgehead atoms. The first-order chi connectivity index (χ1) is 11.5. The Morgan fingerprint density at radius 1 is 0.917 bits per heavy atom. The molecule has 24 heavy (non-hydrogen) atoms. The fourth-order valence-electron chi connectivity index (χ4n) is 1.82. The van der Waals surface area contributed by atoms with Gasteiger partial charge in [0.1, 0.15) is 0 Å². The molecule has 0 aliphatic rings. The van der Waals surface area contributed by atoms with E-state index < -0.39 is 0 Å². The Balaban J connectivity index is 1.80. The number of urea groups is 1. The summed E-state index contributed by atoms with van der Waals surface area (Å²) in [6, 6.07) is 12.0. The largest absolute Gasteiger partial charge is 0.355 e. The van der Waals surface area contributed by atoms with Crippen molar-refractivity contribution in [1.29, 1.82) is 0 Å². The van der Waals surface area contributed by atoms with Crippen molar-refractivity contribution < 1.29 is 14.4 Å². The number of amides is 4. The van der Waals surface area contributed by atoms with Crippen LogP contribution in [0.15, 0.2) is 42.5 Å². The van der Waals surface area contributed by atoms with Crippen LogP contribution in [0.4, 0.5) is 15.5 Å². The van der Waals surface area contributed by atoms with Crippen molar-refractivity contribution in [3.05, 3.63) is 47.3 Å². The van der Waals surface area contributed by atoms with Gasteiger partial charge in [0, 0.05) is 25.7 Å². The standard InChI is InChI=1S/C16H18N4O3S/c1-11(21)17-9-10-18-15(22)13-7-8-14(24-13)20-16(23)19-12-5-3-2-4-6-12/h2-8H,9-10H2,1H3,(H,17,21)(H,18,22)(H2,19,20,23). The van der Waals surface area contributed by atoms with Crippen LogP contribution in [0.1, 0.15) is 16.6 Å². The van der Waals surface area contributed by atoms with Crippen molar-refractivity contribution in [3.63, 3.8) is 0 Å². The van der Waals surface area contributed by atoms with Crippen molar-refractivity contribution >= 4 is 39.9 Å². The van der Waals surface area contributed by atoms with E-state index in [4.69, 9.17) is 0 Å². The predicted molar refractivity (Wildman–Crippen MR) is 94.4 cm³/mol. The fourth-order valence-corrected chi connectivity index (χ4v) is 2.64. The van der Waals surface area contributed by atoms with Gasteiger partial charge in [-0.2, -0.15) is 0 Å². The van der Waals surface area contributed by atoms with Crippen molar-refractivity contribution in [2.24, 2.45) is 0 Å². The number of thiophene rings is 1. The summed E-state index contributed by atoms with van der Waals surface area (Å²) in [7, 11) is 0. The van der Waals surface area contributed by atoms with Gasteiger partial charge in [0.05, 0.1) is 9.88 Å². The van der Waals surface area contributed by atoms with E-state index in [-0.39, 0.29) is 17.8 Å². The number of anilines is 2. The Bertz CT molecular complexity index is 715. The number of carbonyl (C=O) groups excluding carboxylic acids is 3. The third-order valence-electron chi connectivity index (χ3n) is 2.88. The lowest BCUT2D eigenvalue weighted by Crippen LogP contribution is -2.33. The quantitative estimate of drug-likeness (QED) is 0.604. The monoisotopic (exact) mass is 346 g/mol. The molecule has 0 aliphatic heterocycles. The number of benzene rings is 1. The molecule has 0 unspecified atom stereocenters. The second-order valence-corrected chi connectivity index (χ2v) is 5.93. The van der Waals surface area contributed by atoms with Crippen LogP contribution in [-0.4, -0.2) is 30.9 Å². The molecular formula is C16H18N4O3S. The van der Waals surface area contributed by atoms with E-state index in [0.29, 0.717) is 28.7 Å². The van der Waals surface area contributed by atoms with E-state index in [2.05, 4.69) is 21.3 Å². The van der Waals surface area contributed by atoms with Gasteiger partial charge in [0.2, 0.25) is 5.91 Å². The minimum atomic E-state index is -0.374. The normalized spacial score (nSPS) is 9.88. The third-order valence-corrected chi connectivity index (χ3v) is 3.88. The molecule has 0 saturated carbocycles. The number of rotatable bonds is 6. The molecule has 0 spiro atoms. The molecule has 7 nitrogen and oxygen atoms in total. The number of para-hydroxylation sites is 1. The fraction of sp³-hybridized carbons (Fsp3) is 0.188. The van der Waals surface area contributed by atoms with E-state index in [0.717, 1.165) is 0 Å². The van der Waals surface area contributed by atoms with Crippen LogP contribution >= 0.6 is 11.3 Å². The zero-order valence-electron chi connectivity index (χ0n) is 13.1.